The Bertz CT molecular complexity index is 374. The number of phenols is 1. The molecule has 0 amide bonds. The minimum atomic E-state index is -0.609. The van der Waals surface area contributed by atoms with E-state index in [1.807, 2.05) is 0 Å². The number of carbonyl (C=O) groups excluding carboxylic acids is 1. The highest BCUT2D eigenvalue weighted by Crippen LogP contribution is 2.33. The third-order valence-electron chi connectivity index (χ3n) is 2.69. The molecule has 1 N–H and O–H groups in total. The first kappa shape index (κ1) is 9.19. The molecule has 14 heavy (non-hydrogen) atoms. The highest BCUT2D eigenvalue weighted by molar-refractivity contribution is 5.81. The van der Waals surface area contributed by atoms with Gasteiger partial charge in [-0.3, -0.25) is 4.79 Å². The van der Waals surface area contributed by atoms with Crippen LogP contribution in [0.3, 0.4) is 0 Å². The van der Waals surface area contributed by atoms with Crippen LogP contribution in [0.25, 0.3) is 0 Å². The highest BCUT2D eigenvalue weighted by atomic mass is 19.1. The zero-order valence-electron chi connectivity index (χ0n) is 7.66. The summed E-state index contributed by atoms with van der Waals surface area (Å²) < 4.78 is 13.0. The third kappa shape index (κ3) is 1.62. The fourth-order valence-corrected chi connectivity index (χ4v) is 1.88. The van der Waals surface area contributed by atoms with E-state index in [-0.39, 0.29) is 17.5 Å². The van der Waals surface area contributed by atoms with Crippen LogP contribution in [0.4, 0.5) is 4.39 Å². The Morgan fingerprint density at radius 2 is 2.21 bits per heavy atom. The Kier molecular flexibility index (Phi) is 2.23. The molecule has 0 heterocycles. The van der Waals surface area contributed by atoms with E-state index in [0.29, 0.717) is 12.8 Å². The van der Waals surface area contributed by atoms with Crippen molar-refractivity contribution in [1.82, 2.24) is 0 Å². The molecule has 1 atom stereocenters. The zero-order valence-corrected chi connectivity index (χ0v) is 7.66. The highest BCUT2D eigenvalue weighted by Gasteiger charge is 2.23. The Morgan fingerprint density at radius 3 is 2.79 bits per heavy atom. The van der Waals surface area contributed by atoms with Crippen LogP contribution in [0, 0.1) is 5.82 Å². The van der Waals surface area contributed by atoms with Crippen LogP contribution in [0.2, 0.25) is 0 Å². The molecule has 0 aromatic heterocycles. The first-order chi connectivity index (χ1) is 6.66. The lowest BCUT2D eigenvalue weighted by atomic mass is 9.97. The predicted molar refractivity (Wildman–Crippen MR) is 49.7 cm³/mol. The van der Waals surface area contributed by atoms with Gasteiger partial charge in [0.1, 0.15) is 5.78 Å². The fourth-order valence-electron chi connectivity index (χ4n) is 1.88. The number of aromatic hydroxyl groups is 1. The normalized spacial score (nSPS) is 21.5. The van der Waals surface area contributed by atoms with Gasteiger partial charge in [0.2, 0.25) is 0 Å². The second-order valence-electron chi connectivity index (χ2n) is 3.69. The summed E-state index contributed by atoms with van der Waals surface area (Å²) in [7, 11) is 0. The fraction of sp³-hybridized carbons (Fsp3) is 0.364. The molecule has 0 saturated heterocycles. The van der Waals surface area contributed by atoms with Crippen molar-refractivity contribution in [1.29, 1.82) is 0 Å². The summed E-state index contributed by atoms with van der Waals surface area (Å²) in [6.45, 7) is 0. The molecule has 1 aromatic rings. The van der Waals surface area contributed by atoms with E-state index in [2.05, 4.69) is 0 Å². The van der Waals surface area contributed by atoms with Gasteiger partial charge in [-0.05, 0) is 30.0 Å². The van der Waals surface area contributed by atoms with E-state index >= 15 is 0 Å². The minimum absolute atomic E-state index is 0.137. The average Bonchev–Trinajstić information content (AvgIpc) is 2.57. The monoisotopic (exact) mass is 194 g/mol. The molecule has 1 fully saturated rings. The van der Waals surface area contributed by atoms with Gasteiger partial charge in [-0.2, -0.15) is 0 Å². The Hall–Kier alpha value is -1.38. The van der Waals surface area contributed by atoms with Crippen LogP contribution >= 0.6 is 0 Å². The summed E-state index contributed by atoms with van der Waals surface area (Å²) in [5.41, 5.74) is 0.811. The van der Waals surface area contributed by atoms with Crippen molar-refractivity contribution >= 4 is 5.78 Å². The van der Waals surface area contributed by atoms with E-state index in [9.17, 15) is 9.18 Å². The van der Waals surface area contributed by atoms with Crippen molar-refractivity contribution in [3.05, 3.63) is 29.6 Å². The predicted octanol–water partition coefficient (Wildman–Crippen LogP) is 2.37. The quantitative estimate of drug-likeness (QED) is 0.745. The number of benzene rings is 1. The summed E-state index contributed by atoms with van der Waals surface area (Å²) in [6, 6.07) is 4.34. The van der Waals surface area contributed by atoms with Gasteiger partial charge in [-0.15, -0.1) is 0 Å². The van der Waals surface area contributed by atoms with Gasteiger partial charge in [0.15, 0.2) is 11.6 Å². The molecule has 1 aromatic carbocycles. The molecule has 1 saturated carbocycles. The summed E-state index contributed by atoms with van der Waals surface area (Å²) in [5, 5.41) is 9.00. The van der Waals surface area contributed by atoms with E-state index in [0.717, 1.165) is 12.0 Å². The van der Waals surface area contributed by atoms with E-state index in [4.69, 9.17) is 5.11 Å². The maximum absolute atomic E-state index is 13.0. The van der Waals surface area contributed by atoms with E-state index < -0.39 is 5.82 Å². The molecule has 3 heteroatoms. The molecule has 0 bridgehead atoms. The number of rotatable bonds is 1. The molecule has 1 unspecified atom stereocenters. The minimum Gasteiger partial charge on any atom is -0.505 e. The number of hydrogen-bond acceptors (Lipinski definition) is 2. The lowest BCUT2D eigenvalue weighted by Gasteiger charge is -2.08. The van der Waals surface area contributed by atoms with Crippen LogP contribution in [0.1, 0.15) is 30.7 Å². The van der Waals surface area contributed by atoms with E-state index in [1.54, 1.807) is 6.07 Å². The number of ketones is 1. The van der Waals surface area contributed by atoms with Gasteiger partial charge >= 0.3 is 0 Å². The SMILES string of the molecule is O=C1CCC(c2ccc(O)c(F)c2)C1. The lowest BCUT2D eigenvalue weighted by Crippen LogP contribution is -1.94. The van der Waals surface area contributed by atoms with E-state index in [1.165, 1.54) is 12.1 Å². The zero-order chi connectivity index (χ0) is 10.1. The van der Waals surface area contributed by atoms with Crippen molar-refractivity contribution < 1.29 is 14.3 Å². The summed E-state index contributed by atoms with van der Waals surface area (Å²) >= 11 is 0. The van der Waals surface area contributed by atoms with Gasteiger partial charge in [-0.1, -0.05) is 6.07 Å². The van der Waals surface area contributed by atoms with Gasteiger partial charge in [-0.25, -0.2) is 4.39 Å². The molecule has 1 aliphatic rings. The molecule has 0 aliphatic heterocycles. The summed E-state index contributed by atoms with van der Waals surface area (Å²) in [5.74, 6) is -0.569. The molecule has 1 aliphatic carbocycles. The Labute approximate surface area is 81.4 Å². The maximum atomic E-state index is 13.0. The third-order valence-corrected chi connectivity index (χ3v) is 2.69. The number of carbonyl (C=O) groups is 1. The van der Waals surface area contributed by atoms with Crippen LogP contribution in [0.5, 0.6) is 5.75 Å². The van der Waals surface area contributed by atoms with Gasteiger partial charge in [0, 0.05) is 12.8 Å². The van der Waals surface area contributed by atoms with Crippen molar-refractivity contribution in [2.45, 2.75) is 25.2 Å². The second kappa shape index (κ2) is 3.40. The molecule has 74 valence electrons. The van der Waals surface area contributed by atoms with Crippen LogP contribution in [-0.2, 0) is 4.79 Å². The standard InChI is InChI=1S/C11H11FO2/c12-10-6-8(2-4-11(10)14)7-1-3-9(13)5-7/h2,4,6-7,14H,1,3,5H2. The largest absolute Gasteiger partial charge is 0.505 e. The first-order valence-corrected chi connectivity index (χ1v) is 4.67. The van der Waals surface area contributed by atoms with Gasteiger partial charge in [0.05, 0.1) is 0 Å². The Balaban J connectivity index is 2.24. The number of Topliss-reactive ketones (excluding diaryl/α,β-unsaturated/α-hetero) is 1. The summed E-state index contributed by atoms with van der Waals surface area (Å²) in [6.07, 6.45) is 1.89. The molecule has 0 radical (unpaired) electrons. The average molecular weight is 194 g/mol. The molecular weight excluding hydrogens is 183 g/mol. The molecule has 0 spiro atoms. The number of halogens is 1. The van der Waals surface area contributed by atoms with Gasteiger partial charge in [0.25, 0.3) is 0 Å². The Morgan fingerprint density at radius 1 is 1.43 bits per heavy atom. The second-order valence-corrected chi connectivity index (χ2v) is 3.69. The number of phenolic OH excluding ortho intramolecular Hbond substituents is 1. The van der Waals surface area contributed by atoms with Crippen LogP contribution in [-0.4, -0.2) is 10.9 Å². The molecule has 2 rings (SSSR count). The maximum Gasteiger partial charge on any atom is 0.165 e. The van der Waals surface area contributed by atoms with Crippen molar-refractivity contribution in [3.8, 4) is 5.75 Å². The van der Waals surface area contributed by atoms with Crippen LogP contribution < -0.4 is 0 Å². The van der Waals surface area contributed by atoms with Crippen molar-refractivity contribution in [3.63, 3.8) is 0 Å². The number of hydrogen-bond donors (Lipinski definition) is 1. The van der Waals surface area contributed by atoms with Crippen LogP contribution in [0.15, 0.2) is 18.2 Å². The smallest absolute Gasteiger partial charge is 0.165 e. The molecular formula is C11H11FO2. The van der Waals surface area contributed by atoms with Gasteiger partial charge < -0.3 is 5.11 Å². The first-order valence-electron chi connectivity index (χ1n) is 4.67. The lowest BCUT2D eigenvalue weighted by molar-refractivity contribution is -0.117. The summed E-state index contributed by atoms with van der Waals surface area (Å²) in [4.78, 5) is 11.0. The van der Waals surface area contributed by atoms with Crippen molar-refractivity contribution in [2.24, 2.45) is 0 Å². The van der Waals surface area contributed by atoms with Crippen molar-refractivity contribution in [2.75, 3.05) is 0 Å². The topological polar surface area (TPSA) is 37.3 Å². The molecule has 2 nitrogen and oxygen atoms in total.